The molecule has 0 amide bonds. The molecule has 0 aromatic carbocycles. The molecule has 72 valence electrons. The van der Waals surface area contributed by atoms with Gasteiger partial charge < -0.3 is 5.73 Å². The maximum Gasteiger partial charge on any atom is 0.00390 e. The molecule has 0 radical (unpaired) electrons. The molecule has 1 rings (SSSR count). The van der Waals surface area contributed by atoms with Crippen LogP contribution in [0.1, 0.15) is 58.3 Å². The van der Waals surface area contributed by atoms with Crippen molar-refractivity contribution in [3.05, 3.63) is 0 Å². The Morgan fingerprint density at radius 2 is 1.75 bits per heavy atom. The molecule has 0 bridgehead atoms. The second-order valence-electron chi connectivity index (χ2n) is 4.28. The van der Waals surface area contributed by atoms with Crippen molar-refractivity contribution in [1.29, 1.82) is 0 Å². The van der Waals surface area contributed by atoms with Crippen molar-refractivity contribution in [1.82, 2.24) is 0 Å². The average molecular weight is 169 g/mol. The first-order chi connectivity index (χ1) is 5.83. The van der Waals surface area contributed by atoms with Gasteiger partial charge in [0.2, 0.25) is 0 Å². The number of nitrogens with two attached hydrogens (primary N) is 1. The summed E-state index contributed by atoms with van der Waals surface area (Å²) in [5.74, 6) is 1.01. The molecule has 12 heavy (non-hydrogen) atoms. The number of hydrogen-bond acceptors (Lipinski definition) is 1. The lowest BCUT2D eigenvalue weighted by Crippen LogP contribution is -2.26. The maximum atomic E-state index is 5.85. The van der Waals surface area contributed by atoms with E-state index in [9.17, 15) is 0 Å². The van der Waals surface area contributed by atoms with E-state index >= 15 is 0 Å². The zero-order valence-corrected chi connectivity index (χ0v) is 8.39. The first-order valence-electron chi connectivity index (χ1n) is 5.58. The molecule has 0 aromatic heterocycles. The molecule has 1 aliphatic carbocycles. The predicted molar refractivity (Wildman–Crippen MR) is 54.1 cm³/mol. The van der Waals surface area contributed by atoms with Gasteiger partial charge in [-0.3, -0.25) is 0 Å². The van der Waals surface area contributed by atoms with E-state index in [2.05, 4.69) is 6.92 Å². The molecule has 0 saturated heterocycles. The molecule has 0 spiro atoms. The van der Waals surface area contributed by atoms with Crippen molar-refractivity contribution in [2.24, 2.45) is 11.7 Å². The molecule has 1 fully saturated rings. The lowest BCUT2D eigenvalue weighted by Gasteiger charge is -2.25. The fraction of sp³-hybridized carbons (Fsp3) is 1.00. The third kappa shape index (κ3) is 3.57. The molecule has 0 unspecified atom stereocenters. The Hall–Kier alpha value is -0.0400. The summed E-state index contributed by atoms with van der Waals surface area (Å²) in [6, 6.07) is 0.521. The minimum absolute atomic E-state index is 0.521. The Morgan fingerprint density at radius 3 is 2.33 bits per heavy atom. The van der Waals surface area contributed by atoms with Gasteiger partial charge in [-0.2, -0.15) is 0 Å². The highest BCUT2D eigenvalue weighted by atomic mass is 14.6. The summed E-state index contributed by atoms with van der Waals surface area (Å²) in [4.78, 5) is 0. The molecule has 0 aromatic rings. The van der Waals surface area contributed by atoms with E-state index in [1.54, 1.807) is 0 Å². The summed E-state index contributed by atoms with van der Waals surface area (Å²) in [7, 11) is 0. The van der Waals surface area contributed by atoms with E-state index in [0.717, 1.165) is 5.92 Å². The van der Waals surface area contributed by atoms with Crippen LogP contribution in [0.3, 0.4) is 0 Å². The monoisotopic (exact) mass is 169 g/mol. The largest absolute Gasteiger partial charge is 0.328 e. The lowest BCUT2D eigenvalue weighted by molar-refractivity contribution is 0.303. The summed E-state index contributed by atoms with van der Waals surface area (Å²) in [5, 5.41) is 0. The fourth-order valence-corrected chi connectivity index (χ4v) is 2.16. The standard InChI is InChI=1S/C11H23N/c1-2-3-4-5-10-6-8-11(12)9-7-10/h10-11H,2-9,12H2,1H3/t10-,11+. The number of unbranched alkanes of at least 4 members (excludes halogenated alkanes) is 2. The maximum absolute atomic E-state index is 5.85. The van der Waals surface area contributed by atoms with Crippen molar-refractivity contribution >= 4 is 0 Å². The van der Waals surface area contributed by atoms with Gasteiger partial charge in [0.15, 0.2) is 0 Å². The van der Waals surface area contributed by atoms with Gasteiger partial charge >= 0.3 is 0 Å². The SMILES string of the molecule is CCCCC[C@H]1CC[C@@H](N)CC1. The van der Waals surface area contributed by atoms with Gasteiger partial charge in [-0.25, -0.2) is 0 Å². The van der Waals surface area contributed by atoms with E-state index in [4.69, 9.17) is 5.73 Å². The average Bonchev–Trinajstić information content (AvgIpc) is 2.09. The topological polar surface area (TPSA) is 26.0 Å². The summed E-state index contributed by atoms with van der Waals surface area (Å²) >= 11 is 0. The second-order valence-corrected chi connectivity index (χ2v) is 4.28. The highest BCUT2D eigenvalue weighted by Crippen LogP contribution is 2.27. The molecule has 2 N–H and O–H groups in total. The minimum atomic E-state index is 0.521. The normalized spacial score (nSPS) is 30.5. The van der Waals surface area contributed by atoms with E-state index in [1.165, 1.54) is 51.4 Å². The zero-order chi connectivity index (χ0) is 8.81. The van der Waals surface area contributed by atoms with Gasteiger partial charge in [0.25, 0.3) is 0 Å². The van der Waals surface area contributed by atoms with Crippen LogP contribution in [0.15, 0.2) is 0 Å². The summed E-state index contributed by atoms with van der Waals surface area (Å²) in [6.07, 6.45) is 11.0. The molecule has 0 atom stereocenters. The summed E-state index contributed by atoms with van der Waals surface area (Å²) in [6.45, 7) is 2.27. The highest BCUT2D eigenvalue weighted by molar-refractivity contribution is 4.73. The fourth-order valence-electron chi connectivity index (χ4n) is 2.16. The zero-order valence-electron chi connectivity index (χ0n) is 8.39. The Bertz CT molecular complexity index is 104. The third-order valence-electron chi connectivity index (χ3n) is 3.11. The van der Waals surface area contributed by atoms with Gasteiger partial charge in [0, 0.05) is 6.04 Å². The molecular weight excluding hydrogens is 146 g/mol. The molecule has 1 saturated carbocycles. The number of hydrogen-bond donors (Lipinski definition) is 1. The van der Waals surface area contributed by atoms with Crippen LogP contribution in [-0.4, -0.2) is 6.04 Å². The summed E-state index contributed by atoms with van der Waals surface area (Å²) in [5.41, 5.74) is 5.85. The van der Waals surface area contributed by atoms with Crippen LogP contribution in [-0.2, 0) is 0 Å². The second kappa shape index (κ2) is 5.58. The van der Waals surface area contributed by atoms with Crippen LogP contribution < -0.4 is 5.73 Å². The van der Waals surface area contributed by atoms with E-state index < -0.39 is 0 Å². The smallest absolute Gasteiger partial charge is 0.00390 e. The third-order valence-corrected chi connectivity index (χ3v) is 3.11. The number of rotatable bonds is 4. The van der Waals surface area contributed by atoms with E-state index in [-0.39, 0.29) is 0 Å². The molecule has 0 heterocycles. The van der Waals surface area contributed by atoms with Gasteiger partial charge in [-0.15, -0.1) is 0 Å². The first-order valence-corrected chi connectivity index (χ1v) is 5.58. The van der Waals surface area contributed by atoms with Crippen LogP contribution >= 0.6 is 0 Å². The van der Waals surface area contributed by atoms with E-state index in [0.29, 0.717) is 6.04 Å². The molecule has 1 aliphatic rings. The Kier molecular flexibility index (Phi) is 4.67. The highest BCUT2D eigenvalue weighted by Gasteiger charge is 2.17. The molecular formula is C11H23N. The van der Waals surface area contributed by atoms with Gasteiger partial charge in [-0.1, -0.05) is 32.6 Å². The van der Waals surface area contributed by atoms with Crippen molar-refractivity contribution in [3.8, 4) is 0 Å². The van der Waals surface area contributed by atoms with Crippen molar-refractivity contribution in [3.63, 3.8) is 0 Å². The van der Waals surface area contributed by atoms with E-state index in [1.807, 2.05) is 0 Å². The van der Waals surface area contributed by atoms with Crippen LogP contribution in [0.2, 0.25) is 0 Å². The van der Waals surface area contributed by atoms with Crippen LogP contribution in [0.5, 0.6) is 0 Å². The van der Waals surface area contributed by atoms with Crippen molar-refractivity contribution in [2.45, 2.75) is 64.3 Å². The lowest BCUT2D eigenvalue weighted by atomic mass is 9.83. The van der Waals surface area contributed by atoms with Crippen molar-refractivity contribution in [2.75, 3.05) is 0 Å². The molecule has 1 nitrogen and oxygen atoms in total. The van der Waals surface area contributed by atoms with Crippen LogP contribution in [0.4, 0.5) is 0 Å². The van der Waals surface area contributed by atoms with Gasteiger partial charge in [-0.05, 0) is 31.6 Å². The van der Waals surface area contributed by atoms with Gasteiger partial charge in [0.1, 0.15) is 0 Å². The minimum Gasteiger partial charge on any atom is -0.328 e. The quantitative estimate of drug-likeness (QED) is 0.643. The van der Waals surface area contributed by atoms with Crippen LogP contribution in [0, 0.1) is 5.92 Å². The molecule has 1 heteroatoms. The predicted octanol–water partition coefficient (Wildman–Crippen LogP) is 3.08. The summed E-state index contributed by atoms with van der Waals surface area (Å²) < 4.78 is 0. The Balaban J connectivity index is 2.01. The van der Waals surface area contributed by atoms with Crippen molar-refractivity contribution < 1.29 is 0 Å². The molecule has 0 aliphatic heterocycles. The van der Waals surface area contributed by atoms with Gasteiger partial charge in [0.05, 0.1) is 0 Å². The Morgan fingerprint density at radius 1 is 1.08 bits per heavy atom. The first kappa shape index (κ1) is 10.0. The Labute approximate surface area is 76.7 Å². The van der Waals surface area contributed by atoms with Crippen LogP contribution in [0.25, 0.3) is 0 Å².